The second kappa shape index (κ2) is 7.04. The van der Waals surface area contributed by atoms with Gasteiger partial charge in [0.15, 0.2) is 0 Å². The highest BCUT2D eigenvalue weighted by Crippen LogP contribution is 2.13. The van der Waals surface area contributed by atoms with Crippen LogP contribution in [0, 0.1) is 0 Å². The molecular formula is C12H21N3O2. The van der Waals surface area contributed by atoms with Crippen LogP contribution in [-0.4, -0.2) is 14.8 Å². The van der Waals surface area contributed by atoms with Crippen molar-refractivity contribution in [3.8, 4) is 0 Å². The molecule has 0 aliphatic heterocycles. The third-order valence-electron chi connectivity index (χ3n) is 2.88. The Kier molecular flexibility index (Phi) is 5.66. The fourth-order valence-electron chi connectivity index (χ4n) is 1.84. The molecule has 1 aromatic heterocycles. The molecule has 1 heterocycles. The van der Waals surface area contributed by atoms with E-state index in [1.54, 1.807) is 0 Å². The minimum atomic E-state index is -0.443. The van der Waals surface area contributed by atoms with Crippen LogP contribution in [0.25, 0.3) is 0 Å². The van der Waals surface area contributed by atoms with Crippen molar-refractivity contribution in [2.24, 2.45) is 0 Å². The molecular weight excluding hydrogens is 218 g/mol. The lowest BCUT2D eigenvalue weighted by atomic mass is 10.1. The van der Waals surface area contributed by atoms with Gasteiger partial charge in [0.25, 0.3) is 5.56 Å². The van der Waals surface area contributed by atoms with Crippen LogP contribution >= 0.6 is 0 Å². The highest BCUT2D eigenvalue weighted by atomic mass is 16.2. The van der Waals surface area contributed by atoms with Gasteiger partial charge >= 0.3 is 5.69 Å². The third kappa shape index (κ3) is 4.54. The van der Waals surface area contributed by atoms with Gasteiger partial charge in [-0.15, -0.1) is 0 Å². The molecule has 0 radical (unpaired) electrons. The van der Waals surface area contributed by atoms with Crippen LogP contribution in [0.15, 0.2) is 15.8 Å². The maximum atomic E-state index is 11.5. The van der Waals surface area contributed by atoms with Crippen molar-refractivity contribution >= 4 is 0 Å². The van der Waals surface area contributed by atoms with E-state index < -0.39 is 11.2 Å². The lowest BCUT2D eigenvalue weighted by Crippen LogP contribution is -2.33. The summed E-state index contributed by atoms with van der Waals surface area (Å²) in [4.78, 5) is 24.5. The van der Waals surface area contributed by atoms with Gasteiger partial charge in [0.2, 0.25) is 0 Å². The van der Waals surface area contributed by atoms with E-state index in [4.69, 9.17) is 0 Å². The molecule has 0 saturated carbocycles. The summed E-state index contributed by atoms with van der Waals surface area (Å²) in [6.07, 6.45) is 8.10. The Bertz CT molecular complexity index is 436. The van der Waals surface area contributed by atoms with Crippen molar-refractivity contribution in [2.75, 3.05) is 0 Å². The molecule has 1 unspecified atom stereocenters. The van der Waals surface area contributed by atoms with Crippen molar-refractivity contribution < 1.29 is 0 Å². The topological polar surface area (TPSA) is 67.8 Å². The Morgan fingerprint density at radius 3 is 2.65 bits per heavy atom. The first-order valence-corrected chi connectivity index (χ1v) is 6.33. The summed E-state index contributed by atoms with van der Waals surface area (Å²) < 4.78 is 1.35. The number of nitrogens with one attached hydrogen (secondary N) is 1. The van der Waals surface area contributed by atoms with Gasteiger partial charge in [-0.05, 0) is 13.3 Å². The molecule has 0 bridgehead atoms. The number of aromatic nitrogens is 3. The van der Waals surface area contributed by atoms with E-state index in [0.29, 0.717) is 0 Å². The zero-order valence-corrected chi connectivity index (χ0v) is 10.6. The van der Waals surface area contributed by atoms with E-state index in [1.807, 2.05) is 6.92 Å². The van der Waals surface area contributed by atoms with Gasteiger partial charge in [-0.25, -0.2) is 9.48 Å². The lowest BCUT2D eigenvalue weighted by molar-refractivity contribution is 0.407. The van der Waals surface area contributed by atoms with Gasteiger partial charge in [-0.1, -0.05) is 39.0 Å². The first-order valence-electron chi connectivity index (χ1n) is 6.33. The molecule has 5 nitrogen and oxygen atoms in total. The molecule has 1 atom stereocenters. The number of hydrogen-bond acceptors (Lipinski definition) is 3. The van der Waals surface area contributed by atoms with Crippen LogP contribution in [0.4, 0.5) is 0 Å². The molecule has 0 aromatic carbocycles. The molecule has 1 N–H and O–H groups in total. The predicted octanol–water partition coefficient (Wildman–Crippen LogP) is 1.85. The fourth-order valence-corrected chi connectivity index (χ4v) is 1.84. The van der Waals surface area contributed by atoms with Crippen molar-refractivity contribution in [3.05, 3.63) is 27.0 Å². The minimum Gasteiger partial charge on any atom is -0.271 e. The van der Waals surface area contributed by atoms with E-state index in [1.165, 1.54) is 30.4 Å². The number of unbranched alkanes of at least 4 members (excludes halogenated alkanes) is 4. The largest absolute Gasteiger partial charge is 0.345 e. The van der Waals surface area contributed by atoms with Gasteiger partial charge in [0.1, 0.15) is 6.20 Å². The maximum Gasteiger partial charge on any atom is 0.345 e. The zero-order chi connectivity index (χ0) is 12.7. The Balaban J connectivity index is 2.44. The predicted molar refractivity (Wildman–Crippen MR) is 67.2 cm³/mol. The molecule has 17 heavy (non-hydrogen) atoms. The molecule has 0 spiro atoms. The van der Waals surface area contributed by atoms with Gasteiger partial charge in [-0.2, -0.15) is 5.10 Å². The summed E-state index contributed by atoms with van der Waals surface area (Å²) in [5.41, 5.74) is -0.861. The molecule has 0 fully saturated rings. The molecule has 1 rings (SSSR count). The van der Waals surface area contributed by atoms with E-state index in [0.717, 1.165) is 19.0 Å². The normalized spacial score (nSPS) is 12.6. The molecule has 0 saturated heterocycles. The van der Waals surface area contributed by atoms with Crippen molar-refractivity contribution in [1.29, 1.82) is 0 Å². The summed E-state index contributed by atoms with van der Waals surface area (Å²) in [5.74, 6) is 0. The molecule has 5 heteroatoms. The number of nitrogens with zero attached hydrogens (tertiary/aromatic N) is 2. The monoisotopic (exact) mass is 239 g/mol. The smallest absolute Gasteiger partial charge is 0.271 e. The van der Waals surface area contributed by atoms with Crippen LogP contribution in [0.3, 0.4) is 0 Å². The van der Waals surface area contributed by atoms with Gasteiger partial charge in [-0.3, -0.25) is 9.78 Å². The number of aromatic amines is 1. The number of H-pyrrole nitrogens is 1. The van der Waals surface area contributed by atoms with Crippen LogP contribution in [0.1, 0.15) is 58.4 Å². The quantitative estimate of drug-likeness (QED) is 0.738. The second-order valence-corrected chi connectivity index (χ2v) is 4.44. The lowest BCUT2D eigenvalue weighted by Gasteiger charge is -2.12. The highest BCUT2D eigenvalue weighted by molar-refractivity contribution is 4.72. The van der Waals surface area contributed by atoms with E-state index in [-0.39, 0.29) is 6.04 Å². The molecule has 0 amide bonds. The van der Waals surface area contributed by atoms with Gasteiger partial charge in [0, 0.05) is 0 Å². The Hall–Kier alpha value is -1.39. The summed E-state index contributed by atoms with van der Waals surface area (Å²) in [7, 11) is 0. The minimum absolute atomic E-state index is 0.0426. The highest BCUT2D eigenvalue weighted by Gasteiger charge is 2.07. The molecule has 96 valence electrons. The fraction of sp³-hybridized carbons (Fsp3) is 0.750. The SMILES string of the molecule is CCCCCCCC(C)n1ncc(=O)[nH]c1=O. The average Bonchev–Trinajstić information content (AvgIpc) is 2.28. The standard InChI is InChI=1S/C12H21N3O2/c1-3-4-5-6-7-8-10(2)15-12(17)14-11(16)9-13-15/h9-10H,3-8H2,1-2H3,(H,14,16,17). The molecule has 0 aliphatic rings. The van der Waals surface area contributed by atoms with Crippen molar-refractivity contribution in [1.82, 2.24) is 14.8 Å². The number of hydrogen-bond donors (Lipinski definition) is 1. The van der Waals surface area contributed by atoms with Gasteiger partial charge < -0.3 is 0 Å². The Morgan fingerprint density at radius 1 is 1.29 bits per heavy atom. The van der Waals surface area contributed by atoms with Crippen LogP contribution in [0.5, 0.6) is 0 Å². The molecule has 1 aromatic rings. The summed E-state index contributed by atoms with van der Waals surface area (Å²) >= 11 is 0. The maximum absolute atomic E-state index is 11.5. The molecule has 0 aliphatic carbocycles. The third-order valence-corrected chi connectivity index (χ3v) is 2.88. The Labute approximate surface area is 101 Å². The van der Waals surface area contributed by atoms with Crippen LogP contribution < -0.4 is 11.2 Å². The van der Waals surface area contributed by atoms with Crippen molar-refractivity contribution in [2.45, 2.75) is 58.4 Å². The first-order chi connectivity index (χ1) is 8.15. The second-order valence-electron chi connectivity index (χ2n) is 4.44. The van der Waals surface area contributed by atoms with E-state index in [9.17, 15) is 9.59 Å². The Morgan fingerprint density at radius 2 is 2.00 bits per heavy atom. The van der Waals surface area contributed by atoms with E-state index >= 15 is 0 Å². The van der Waals surface area contributed by atoms with Crippen LogP contribution in [-0.2, 0) is 0 Å². The zero-order valence-electron chi connectivity index (χ0n) is 10.6. The summed E-state index contributed by atoms with van der Waals surface area (Å²) in [5, 5.41) is 3.85. The summed E-state index contributed by atoms with van der Waals surface area (Å²) in [6.45, 7) is 4.14. The summed E-state index contributed by atoms with van der Waals surface area (Å²) in [6, 6.07) is 0.0426. The average molecular weight is 239 g/mol. The van der Waals surface area contributed by atoms with Crippen molar-refractivity contribution in [3.63, 3.8) is 0 Å². The van der Waals surface area contributed by atoms with E-state index in [2.05, 4.69) is 17.0 Å². The first kappa shape index (κ1) is 13.7. The van der Waals surface area contributed by atoms with Crippen LogP contribution in [0.2, 0.25) is 0 Å². The van der Waals surface area contributed by atoms with Gasteiger partial charge in [0.05, 0.1) is 6.04 Å². The number of rotatable bonds is 7.